The average Bonchev–Trinajstić information content (AvgIpc) is 3.17. The van der Waals surface area contributed by atoms with Crippen LogP contribution < -0.4 is 15.5 Å². The number of benzene rings is 2. The van der Waals surface area contributed by atoms with Crippen molar-refractivity contribution in [1.29, 1.82) is 0 Å². The Labute approximate surface area is 192 Å². The van der Waals surface area contributed by atoms with Crippen LogP contribution in [-0.2, 0) is 11.2 Å². The van der Waals surface area contributed by atoms with Gasteiger partial charge in [0.25, 0.3) is 11.8 Å². The molecule has 0 atom stereocenters. The molecule has 0 fully saturated rings. The highest BCUT2D eigenvalue weighted by molar-refractivity contribution is 7.10. The quantitative estimate of drug-likeness (QED) is 0.371. The molecule has 0 aliphatic rings. The minimum Gasteiger partial charge on any atom is -0.483 e. The molecular formula is C25H27N3O3S. The molecule has 32 heavy (non-hydrogen) atoms. The van der Waals surface area contributed by atoms with Gasteiger partial charge in [0.1, 0.15) is 5.75 Å². The smallest absolute Gasteiger partial charge is 0.277 e. The second kappa shape index (κ2) is 10.7. The van der Waals surface area contributed by atoms with Gasteiger partial charge in [-0.25, -0.2) is 5.43 Å². The third kappa shape index (κ3) is 5.82. The summed E-state index contributed by atoms with van der Waals surface area (Å²) in [5, 5.41) is 9.02. The SMILES string of the molecule is CCc1c(C(=O)Nc2cccc(/C(C)=N\NC(=O)COc3ccccc3C)c2)csc1C. The minimum atomic E-state index is -0.350. The van der Waals surface area contributed by atoms with Crippen LogP contribution >= 0.6 is 11.3 Å². The lowest BCUT2D eigenvalue weighted by Gasteiger charge is -2.09. The van der Waals surface area contributed by atoms with Crippen molar-refractivity contribution in [2.24, 2.45) is 5.10 Å². The van der Waals surface area contributed by atoms with Crippen LogP contribution in [0, 0.1) is 13.8 Å². The zero-order chi connectivity index (χ0) is 23.1. The molecule has 166 valence electrons. The standard InChI is InChI=1S/C25H27N3O3S/c1-5-21-18(4)32-15-22(21)25(30)26-20-11-8-10-19(13-20)17(3)27-28-24(29)14-31-23-12-7-6-9-16(23)2/h6-13,15H,5,14H2,1-4H3,(H,26,30)(H,28,29)/b27-17-. The van der Waals surface area contributed by atoms with Gasteiger partial charge in [0.05, 0.1) is 11.3 Å². The number of hydrogen-bond acceptors (Lipinski definition) is 5. The first-order valence-electron chi connectivity index (χ1n) is 10.4. The fourth-order valence-corrected chi connectivity index (χ4v) is 4.17. The lowest BCUT2D eigenvalue weighted by atomic mass is 10.1. The number of carbonyl (C=O) groups excluding carboxylic acids is 2. The minimum absolute atomic E-state index is 0.125. The van der Waals surface area contributed by atoms with Gasteiger partial charge in [-0.05, 0) is 62.1 Å². The third-order valence-electron chi connectivity index (χ3n) is 5.04. The van der Waals surface area contributed by atoms with Crippen molar-refractivity contribution in [3.8, 4) is 5.75 Å². The number of thiophene rings is 1. The maximum atomic E-state index is 12.7. The van der Waals surface area contributed by atoms with Crippen LogP contribution in [-0.4, -0.2) is 24.1 Å². The van der Waals surface area contributed by atoms with Crippen LogP contribution in [0.5, 0.6) is 5.75 Å². The maximum Gasteiger partial charge on any atom is 0.277 e. The van der Waals surface area contributed by atoms with Crippen molar-refractivity contribution in [1.82, 2.24) is 5.43 Å². The molecule has 1 aromatic heterocycles. The zero-order valence-corrected chi connectivity index (χ0v) is 19.5. The molecule has 6 nitrogen and oxygen atoms in total. The highest BCUT2D eigenvalue weighted by Crippen LogP contribution is 2.23. The number of nitrogens with one attached hydrogen (secondary N) is 2. The summed E-state index contributed by atoms with van der Waals surface area (Å²) < 4.78 is 5.53. The molecule has 3 rings (SSSR count). The van der Waals surface area contributed by atoms with Crippen molar-refractivity contribution in [2.75, 3.05) is 11.9 Å². The van der Waals surface area contributed by atoms with Gasteiger partial charge in [0.2, 0.25) is 0 Å². The molecule has 2 aromatic carbocycles. The molecule has 0 aliphatic heterocycles. The number of hydrazone groups is 1. The molecule has 3 aromatic rings. The monoisotopic (exact) mass is 449 g/mol. The second-order valence-electron chi connectivity index (χ2n) is 7.36. The van der Waals surface area contributed by atoms with E-state index in [4.69, 9.17) is 4.74 Å². The molecule has 0 saturated heterocycles. The largest absolute Gasteiger partial charge is 0.483 e. The molecule has 1 heterocycles. The molecule has 0 aliphatic carbocycles. The van der Waals surface area contributed by atoms with E-state index in [1.54, 1.807) is 18.3 Å². The predicted molar refractivity (Wildman–Crippen MR) is 130 cm³/mol. The van der Waals surface area contributed by atoms with Crippen molar-refractivity contribution in [3.63, 3.8) is 0 Å². The average molecular weight is 450 g/mol. The molecule has 2 N–H and O–H groups in total. The molecular weight excluding hydrogens is 422 g/mol. The number of carbonyl (C=O) groups is 2. The maximum absolute atomic E-state index is 12.7. The van der Waals surface area contributed by atoms with Gasteiger partial charge in [-0.1, -0.05) is 37.3 Å². The summed E-state index contributed by atoms with van der Waals surface area (Å²) in [5.74, 6) is 0.190. The highest BCUT2D eigenvalue weighted by atomic mass is 32.1. The fourth-order valence-electron chi connectivity index (χ4n) is 3.23. The normalized spacial score (nSPS) is 11.2. The van der Waals surface area contributed by atoms with Gasteiger partial charge in [0.15, 0.2) is 6.61 Å². The number of hydrogen-bond donors (Lipinski definition) is 2. The summed E-state index contributed by atoms with van der Waals surface area (Å²) >= 11 is 1.58. The Morgan fingerprint density at radius 3 is 2.62 bits per heavy atom. The summed E-state index contributed by atoms with van der Waals surface area (Å²) in [4.78, 5) is 26.0. The van der Waals surface area contributed by atoms with Gasteiger partial charge in [-0.15, -0.1) is 11.3 Å². The Balaban J connectivity index is 1.61. The zero-order valence-electron chi connectivity index (χ0n) is 18.7. The predicted octanol–water partition coefficient (Wildman–Crippen LogP) is 5.10. The first-order chi connectivity index (χ1) is 15.4. The highest BCUT2D eigenvalue weighted by Gasteiger charge is 2.15. The summed E-state index contributed by atoms with van der Waals surface area (Å²) in [6.07, 6.45) is 0.817. The number of ether oxygens (including phenoxy) is 1. The van der Waals surface area contributed by atoms with E-state index < -0.39 is 0 Å². The number of anilines is 1. The van der Waals surface area contributed by atoms with E-state index in [2.05, 4.69) is 15.8 Å². The lowest BCUT2D eigenvalue weighted by molar-refractivity contribution is -0.123. The topological polar surface area (TPSA) is 79.8 Å². The van der Waals surface area contributed by atoms with Crippen LogP contribution in [0.25, 0.3) is 0 Å². The van der Waals surface area contributed by atoms with Crippen LogP contribution in [0.3, 0.4) is 0 Å². The van der Waals surface area contributed by atoms with Gasteiger partial charge in [-0.3, -0.25) is 9.59 Å². The number of rotatable bonds is 8. The molecule has 0 spiro atoms. The Hall–Kier alpha value is -3.45. The molecule has 0 radical (unpaired) electrons. The Kier molecular flexibility index (Phi) is 7.78. The van der Waals surface area contributed by atoms with Crippen molar-refractivity contribution >= 4 is 34.6 Å². The number of para-hydroxylation sites is 1. The summed E-state index contributed by atoms with van der Waals surface area (Å²) in [7, 11) is 0. The molecule has 0 unspecified atom stereocenters. The van der Waals surface area contributed by atoms with Crippen molar-refractivity contribution < 1.29 is 14.3 Å². The van der Waals surface area contributed by atoms with Crippen molar-refractivity contribution in [3.05, 3.63) is 81.0 Å². The van der Waals surface area contributed by atoms with Gasteiger partial charge >= 0.3 is 0 Å². The second-order valence-corrected chi connectivity index (χ2v) is 8.44. The van der Waals surface area contributed by atoms with E-state index in [1.807, 2.05) is 74.7 Å². The van der Waals surface area contributed by atoms with E-state index >= 15 is 0 Å². The fraction of sp³-hybridized carbons (Fsp3) is 0.240. The third-order valence-corrected chi connectivity index (χ3v) is 5.99. The van der Waals surface area contributed by atoms with Crippen LogP contribution in [0.1, 0.15) is 45.8 Å². The van der Waals surface area contributed by atoms with E-state index in [0.717, 1.165) is 28.0 Å². The van der Waals surface area contributed by atoms with Crippen LogP contribution in [0.4, 0.5) is 5.69 Å². The Bertz CT molecular complexity index is 1150. The van der Waals surface area contributed by atoms with Gasteiger partial charge < -0.3 is 10.1 Å². The van der Waals surface area contributed by atoms with E-state index in [0.29, 0.717) is 22.7 Å². The van der Waals surface area contributed by atoms with E-state index in [-0.39, 0.29) is 18.4 Å². The first kappa shape index (κ1) is 23.2. The van der Waals surface area contributed by atoms with E-state index in [1.165, 1.54) is 0 Å². The molecule has 0 bridgehead atoms. The van der Waals surface area contributed by atoms with Gasteiger partial charge in [0, 0.05) is 15.9 Å². The summed E-state index contributed by atoms with van der Waals surface area (Å²) in [5.41, 5.74) is 7.35. The number of nitrogens with zero attached hydrogens (tertiary/aromatic N) is 1. The number of amides is 2. The van der Waals surface area contributed by atoms with Crippen LogP contribution in [0.2, 0.25) is 0 Å². The first-order valence-corrected chi connectivity index (χ1v) is 11.3. The summed E-state index contributed by atoms with van der Waals surface area (Å²) in [6, 6.07) is 14.9. The Morgan fingerprint density at radius 1 is 1.09 bits per heavy atom. The van der Waals surface area contributed by atoms with Crippen molar-refractivity contribution in [2.45, 2.75) is 34.1 Å². The Morgan fingerprint density at radius 2 is 1.88 bits per heavy atom. The molecule has 2 amide bonds. The van der Waals surface area contributed by atoms with Crippen LogP contribution in [0.15, 0.2) is 59.0 Å². The molecule has 0 saturated carbocycles. The molecule has 7 heteroatoms. The van der Waals surface area contributed by atoms with E-state index in [9.17, 15) is 9.59 Å². The van der Waals surface area contributed by atoms with Gasteiger partial charge in [-0.2, -0.15) is 5.10 Å². The summed E-state index contributed by atoms with van der Waals surface area (Å²) in [6.45, 7) is 7.66. The number of aryl methyl sites for hydroxylation is 2. The lowest BCUT2D eigenvalue weighted by Crippen LogP contribution is -2.25.